The van der Waals surface area contributed by atoms with Gasteiger partial charge in [0.15, 0.2) is 5.82 Å². The lowest BCUT2D eigenvalue weighted by molar-refractivity contribution is -0.115. The van der Waals surface area contributed by atoms with E-state index >= 15 is 0 Å². The molecule has 1 aromatic carbocycles. The standard InChI is InChI=1S/C18H18N4OS/c1-14-13-22(15-7-3-2-4-8-15)21-18(14)20-16(23)10-12-24-17-9-5-6-11-19-17/h2-9,11,13H,10,12H2,1H3,(H,20,21,23). The van der Waals surface area contributed by atoms with Crippen LogP contribution in [0.4, 0.5) is 5.82 Å². The Kier molecular flexibility index (Phi) is 5.28. The monoisotopic (exact) mass is 338 g/mol. The quantitative estimate of drug-likeness (QED) is 0.696. The number of hydrogen-bond donors (Lipinski definition) is 1. The number of para-hydroxylation sites is 1. The fourth-order valence-electron chi connectivity index (χ4n) is 2.17. The predicted octanol–water partition coefficient (Wildman–Crippen LogP) is 3.70. The van der Waals surface area contributed by atoms with Crippen LogP contribution in [0.2, 0.25) is 0 Å². The van der Waals surface area contributed by atoms with Gasteiger partial charge < -0.3 is 5.32 Å². The summed E-state index contributed by atoms with van der Waals surface area (Å²) in [6, 6.07) is 15.6. The number of thioether (sulfide) groups is 1. The first-order valence-corrected chi connectivity index (χ1v) is 8.66. The lowest BCUT2D eigenvalue weighted by atomic mass is 10.3. The zero-order chi connectivity index (χ0) is 16.8. The molecule has 0 atom stereocenters. The van der Waals surface area contributed by atoms with E-state index in [0.717, 1.165) is 16.3 Å². The van der Waals surface area contributed by atoms with Crippen molar-refractivity contribution in [1.82, 2.24) is 14.8 Å². The molecule has 0 spiro atoms. The third-order valence-electron chi connectivity index (χ3n) is 3.39. The third-order valence-corrected chi connectivity index (χ3v) is 4.34. The molecule has 2 aromatic heterocycles. The van der Waals surface area contributed by atoms with Crippen molar-refractivity contribution in [1.29, 1.82) is 0 Å². The number of amides is 1. The maximum absolute atomic E-state index is 12.1. The molecule has 0 saturated carbocycles. The van der Waals surface area contributed by atoms with Gasteiger partial charge in [0.2, 0.25) is 5.91 Å². The summed E-state index contributed by atoms with van der Waals surface area (Å²) in [5.74, 6) is 1.24. The second-order valence-electron chi connectivity index (χ2n) is 5.26. The van der Waals surface area contributed by atoms with Crippen molar-refractivity contribution in [2.45, 2.75) is 18.4 Å². The van der Waals surface area contributed by atoms with Crippen LogP contribution < -0.4 is 5.32 Å². The molecule has 0 aliphatic carbocycles. The SMILES string of the molecule is Cc1cn(-c2ccccc2)nc1NC(=O)CCSc1ccccn1. The number of pyridine rings is 1. The van der Waals surface area contributed by atoms with Crippen molar-refractivity contribution < 1.29 is 4.79 Å². The summed E-state index contributed by atoms with van der Waals surface area (Å²) < 4.78 is 1.77. The highest BCUT2D eigenvalue weighted by Gasteiger charge is 2.10. The van der Waals surface area contributed by atoms with E-state index in [2.05, 4.69) is 15.4 Å². The normalized spacial score (nSPS) is 10.5. The first-order chi connectivity index (χ1) is 11.7. The number of carbonyl (C=O) groups excluding carboxylic acids is 1. The summed E-state index contributed by atoms with van der Waals surface area (Å²) in [6.45, 7) is 1.94. The second kappa shape index (κ2) is 7.79. The molecule has 0 saturated heterocycles. The summed E-state index contributed by atoms with van der Waals surface area (Å²) in [5, 5.41) is 8.26. The van der Waals surface area contributed by atoms with Crippen LogP contribution in [-0.4, -0.2) is 26.4 Å². The van der Waals surface area contributed by atoms with Crippen LogP contribution in [-0.2, 0) is 4.79 Å². The van der Waals surface area contributed by atoms with Gasteiger partial charge in [-0.3, -0.25) is 4.79 Å². The molecule has 1 amide bonds. The number of aryl methyl sites for hydroxylation is 1. The van der Waals surface area contributed by atoms with Gasteiger partial charge in [0.1, 0.15) is 0 Å². The molecule has 5 nitrogen and oxygen atoms in total. The first kappa shape index (κ1) is 16.3. The van der Waals surface area contributed by atoms with E-state index in [0.29, 0.717) is 18.0 Å². The van der Waals surface area contributed by atoms with Crippen LogP contribution in [0.5, 0.6) is 0 Å². The molecule has 1 N–H and O–H groups in total. The Morgan fingerprint density at radius 3 is 2.71 bits per heavy atom. The number of benzene rings is 1. The number of carbonyl (C=O) groups is 1. The molecule has 3 aromatic rings. The van der Waals surface area contributed by atoms with Crippen molar-refractivity contribution in [3.8, 4) is 5.69 Å². The van der Waals surface area contributed by atoms with Gasteiger partial charge in [0.25, 0.3) is 0 Å². The van der Waals surface area contributed by atoms with E-state index in [-0.39, 0.29) is 5.91 Å². The lowest BCUT2D eigenvalue weighted by Crippen LogP contribution is -2.13. The molecule has 24 heavy (non-hydrogen) atoms. The molecule has 2 heterocycles. The van der Waals surface area contributed by atoms with Gasteiger partial charge in [0.05, 0.1) is 10.7 Å². The average Bonchev–Trinajstić information content (AvgIpc) is 2.97. The van der Waals surface area contributed by atoms with Crippen LogP contribution in [0, 0.1) is 6.92 Å². The van der Waals surface area contributed by atoms with Crippen molar-refractivity contribution in [2.24, 2.45) is 0 Å². The maximum atomic E-state index is 12.1. The smallest absolute Gasteiger partial charge is 0.226 e. The minimum atomic E-state index is -0.0418. The van der Waals surface area contributed by atoms with Crippen LogP contribution in [0.1, 0.15) is 12.0 Å². The Morgan fingerprint density at radius 1 is 1.17 bits per heavy atom. The van der Waals surface area contributed by atoms with Crippen molar-refractivity contribution in [3.05, 3.63) is 66.5 Å². The van der Waals surface area contributed by atoms with Crippen molar-refractivity contribution >= 4 is 23.5 Å². The predicted molar refractivity (Wildman–Crippen MR) is 96.5 cm³/mol. The fourth-order valence-corrected chi connectivity index (χ4v) is 2.98. The zero-order valence-electron chi connectivity index (χ0n) is 13.3. The Morgan fingerprint density at radius 2 is 1.96 bits per heavy atom. The van der Waals surface area contributed by atoms with Gasteiger partial charge in [-0.2, -0.15) is 0 Å². The highest BCUT2D eigenvalue weighted by molar-refractivity contribution is 7.99. The number of aromatic nitrogens is 3. The molecule has 122 valence electrons. The van der Waals surface area contributed by atoms with Crippen LogP contribution >= 0.6 is 11.8 Å². The summed E-state index contributed by atoms with van der Waals surface area (Å²) in [7, 11) is 0. The molecule has 0 fully saturated rings. The molecule has 3 rings (SSSR count). The van der Waals surface area contributed by atoms with Gasteiger partial charge >= 0.3 is 0 Å². The van der Waals surface area contributed by atoms with Gasteiger partial charge in [-0.15, -0.1) is 16.9 Å². The molecule has 0 aliphatic heterocycles. The van der Waals surface area contributed by atoms with E-state index in [1.54, 1.807) is 22.6 Å². The van der Waals surface area contributed by atoms with Gasteiger partial charge in [0, 0.05) is 30.1 Å². The Bertz CT molecular complexity index is 802. The number of nitrogens with one attached hydrogen (secondary N) is 1. The van der Waals surface area contributed by atoms with Gasteiger partial charge in [-0.25, -0.2) is 9.67 Å². The zero-order valence-corrected chi connectivity index (χ0v) is 14.2. The van der Waals surface area contributed by atoms with Crippen molar-refractivity contribution in [2.75, 3.05) is 11.1 Å². The molecule has 0 aliphatic rings. The van der Waals surface area contributed by atoms with Crippen LogP contribution in [0.15, 0.2) is 66.0 Å². The molecule has 0 unspecified atom stereocenters. The number of rotatable bonds is 6. The summed E-state index contributed by atoms with van der Waals surface area (Å²) in [6.07, 6.45) is 4.08. The Hall–Kier alpha value is -2.60. The molecular weight excluding hydrogens is 320 g/mol. The first-order valence-electron chi connectivity index (χ1n) is 7.68. The highest BCUT2D eigenvalue weighted by atomic mass is 32.2. The van der Waals surface area contributed by atoms with Gasteiger partial charge in [-0.05, 0) is 31.2 Å². The Balaban J connectivity index is 1.56. The molecule has 0 bridgehead atoms. The summed E-state index contributed by atoms with van der Waals surface area (Å²) in [5.41, 5.74) is 1.90. The molecule has 0 radical (unpaired) electrons. The number of anilines is 1. The highest BCUT2D eigenvalue weighted by Crippen LogP contribution is 2.18. The number of hydrogen-bond acceptors (Lipinski definition) is 4. The van der Waals surface area contributed by atoms with E-state index in [9.17, 15) is 4.79 Å². The minimum Gasteiger partial charge on any atom is -0.309 e. The fraction of sp³-hybridized carbons (Fsp3) is 0.167. The largest absolute Gasteiger partial charge is 0.309 e. The van der Waals surface area contributed by atoms with E-state index in [4.69, 9.17) is 0 Å². The van der Waals surface area contributed by atoms with E-state index in [1.165, 1.54) is 0 Å². The molecular formula is C18H18N4OS. The van der Waals surface area contributed by atoms with Gasteiger partial charge in [-0.1, -0.05) is 24.3 Å². The summed E-state index contributed by atoms with van der Waals surface area (Å²) >= 11 is 1.57. The van der Waals surface area contributed by atoms with E-state index < -0.39 is 0 Å². The van der Waals surface area contributed by atoms with Crippen LogP contribution in [0.3, 0.4) is 0 Å². The minimum absolute atomic E-state index is 0.0418. The summed E-state index contributed by atoms with van der Waals surface area (Å²) in [4.78, 5) is 16.3. The van der Waals surface area contributed by atoms with Crippen molar-refractivity contribution in [3.63, 3.8) is 0 Å². The second-order valence-corrected chi connectivity index (χ2v) is 6.37. The lowest BCUT2D eigenvalue weighted by Gasteiger charge is -2.03. The van der Waals surface area contributed by atoms with E-state index in [1.807, 2.05) is 61.7 Å². The van der Waals surface area contributed by atoms with Crippen LogP contribution in [0.25, 0.3) is 5.69 Å². The Labute approximate surface area is 145 Å². The third kappa shape index (κ3) is 4.23. The average molecular weight is 338 g/mol. The maximum Gasteiger partial charge on any atom is 0.226 e. The molecule has 6 heteroatoms. The topological polar surface area (TPSA) is 59.8 Å². The number of nitrogens with zero attached hydrogens (tertiary/aromatic N) is 3.